The molecule has 0 aliphatic carbocycles. The zero-order valence-electron chi connectivity index (χ0n) is 12.6. The lowest BCUT2D eigenvalue weighted by Crippen LogP contribution is -2.07. The van der Waals surface area contributed by atoms with Crippen molar-refractivity contribution in [2.45, 2.75) is 4.34 Å². The van der Waals surface area contributed by atoms with E-state index in [1.165, 1.54) is 23.1 Å². The third-order valence-corrected chi connectivity index (χ3v) is 5.41. The highest BCUT2D eigenvalue weighted by Gasteiger charge is 2.08. The zero-order chi connectivity index (χ0) is 16.8. The van der Waals surface area contributed by atoms with Gasteiger partial charge in [-0.1, -0.05) is 59.5 Å². The second-order valence-corrected chi connectivity index (χ2v) is 7.70. The quantitative estimate of drug-likeness (QED) is 0.273. The molecule has 0 amide bonds. The molecule has 4 nitrogen and oxygen atoms in total. The minimum atomic E-state index is -0.307. The van der Waals surface area contributed by atoms with Crippen molar-refractivity contribution in [1.82, 2.24) is 9.78 Å². The summed E-state index contributed by atoms with van der Waals surface area (Å²) in [6.07, 6.45) is 0. The van der Waals surface area contributed by atoms with Crippen LogP contribution in [0.5, 0.6) is 0 Å². The molecule has 0 N–H and O–H groups in total. The molecule has 2 aromatic carbocycles. The largest absolute Gasteiger partial charge is 0.461 e. The Morgan fingerprint density at radius 1 is 1.12 bits per heavy atom. The summed E-state index contributed by atoms with van der Waals surface area (Å²) in [6, 6.07) is 18.8. The van der Waals surface area contributed by atoms with Crippen LogP contribution in [0, 0.1) is 3.95 Å². The maximum atomic E-state index is 11.8. The van der Waals surface area contributed by atoms with Crippen molar-refractivity contribution in [3.8, 4) is 5.69 Å². The fraction of sp³-hybridized carbons (Fsp3) is 0.118. The van der Waals surface area contributed by atoms with Crippen molar-refractivity contribution in [2.24, 2.45) is 0 Å². The van der Waals surface area contributed by atoms with Gasteiger partial charge >= 0.3 is 5.97 Å². The number of hydrogen-bond donors (Lipinski definition) is 0. The highest BCUT2D eigenvalue weighted by atomic mass is 32.2. The molecule has 0 spiro atoms. The summed E-state index contributed by atoms with van der Waals surface area (Å²) < 4.78 is 8.56. The molecule has 0 saturated heterocycles. The first-order chi connectivity index (χ1) is 11.7. The van der Waals surface area contributed by atoms with Crippen molar-refractivity contribution >= 4 is 41.3 Å². The van der Waals surface area contributed by atoms with Crippen molar-refractivity contribution in [3.05, 3.63) is 70.2 Å². The lowest BCUT2D eigenvalue weighted by molar-refractivity contribution is 0.0530. The van der Waals surface area contributed by atoms with Crippen LogP contribution in [-0.2, 0) is 4.74 Å². The van der Waals surface area contributed by atoms with Gasteiger partial charge in [-0.25, -0.2) is 9.48 Å². The Bertz CT molecular complexity index is 860. The number of nitrogens with zero attached hydrogens (tertiary/aromatic N) is 2. The highest BCUT2D eigenvalue weighted by Crippen LogP contribution is 2.23. The number of hydrogen-bond acceptors (Lipinski definition) is 6. The van der Waals surface area contributed by atoms with Crippen LogP contribution in [0.1, 0.15) is 10.4 Å². The Labute approximate surface area is 153 Å². The summed E-state index contributed by atoms with van der Waals surface area (Å²) in [6.45, 7) is 0.329. The van der Waals surface area contributed by atoms with Gasteiger partial charge in [0, 0.05) is 5.75 Å². The van der Waals surface area contributed by atoms with Crippen LogP contribution >= 0.6 is 35.3 Å². The molecule has 1 aromatic heterocycles. The van der Waals surface area contributed by atoms with Gasteiger partial charge in [-0.3, -0.25) is 0 Å². The van der Waals surface area contributed by atoms with Gasteiger partial charge in [-0.2, -0.15) is 0 Å². The number of rotatable bonds is 6. The maximum absolute atomic E-state index is 11.8. The molecule has 0 atom stereocenters. The second kappa shape index (κ2) is 8.23. The van der Waals surface area contributed by atoms with Crippen LogP contribution < -0.4 is 0 Å². The fourth-order valence-electron chi connectivity index (χ4n) is 1.97. The van der Waals surface area contributed by atoms with Crippen molar-refractivity contribution in [3.63, 3.8) is 0 Å². The molecule has 3 aromatic rings. The molecule has 7 heteroatoms. The Morgan fingerprint density at radius 3 is 2.50 bits per heavy atom. The molecule has 0 bridgehead atoms. The number of carbonyl (C=O) groups excluding carboxylic acids is 1. The number of carbonyl (C=O) groups is 1. The van der Waals surface area contributed by atoms with Gasteiger partial charge in [0.1, 0.15) is 6.61 Å². The molecule has 0 aliphatic rings. The monoisotopic (exact) mass is 374 g/mol. The smallest absolute Gasteiger partial charge is 0.338 e. The van der Waals surface area contributed by atoms with Gasteiger partial charge in [-0.15, -0.1) is 5.10 Å². The topological polar surface area (TPSA) is 44.1 Å². The van der Waals surface area contributed by atoms with E-state index in [-0.39, 0.29) is 5.97 Å². The molecule has 1 heterocycles. The zero-order valence-corrected chi connectivity index (χ0v) is 15.1. The van der Waals surface area contributed by atoms with E-state index in [4.69, 9.17) is 17.0 Å². The van der Waals surface area contributed by atoms with E-state index in [9.17, 15) is 4.79 Å². The molecule has 0 aliphatic heterocycles. The predicted octanol–water partition coefficient (Wildman–Crippen LogP) is 4.61. The maximum Gasteiger partial charge on any atom is 0.338 e. The van der Waals surface area contributed by atoms with E-state index >= 15 is 0 Å². The molecule has 3 rings (SSSR count). The fourth-order valence-corrected chi connectivity index (χ4v) is 4.22. The first kappa shape index (κ1) is 16.9. The molecule has 0 radical (unpaired) electrons. The first-order valence-corrected chi connectivity index (χ1v) is 9.45. The Kier molecular flexibility index (Phi) is 5.79. The Morgan fingerprint density at radius 2 is 1.79 bits per heavy atom. The van der Waals surface area contributed by atoms with Crippen molar-refractivity contribution in [2.75, 3.05) is 12.4 Å². The van der Waals surface area contributed by atoms with E-state index in [2.05, 4.69) is 5.10 Å². The summed E-state index contributed by atoms with van der Waals surface area (Å²) in [7, 11) is 0. The van der Waals surface area contributed by atoms with Gasteiger partial charge in [0.05, 0.1) is 11.3 Å². The summed E-state index contributed by atoms with van der Waals surface area (Å²) in [4.78, 5) is 11.8. The molecule has 24 heavy (non-hydrogen) atoms. The van der Waals surface area contributed by atoms with E-state index in [0.717, 1.165) is 10.0 Å². The molecule has 0 saturated carbocycles. The number of benzene rings is 2. The van der Waals surface area contributed by atoms with E-state index < -0.39 is 0 Å². The molecule has 122 valence electrons. The Balaban J connectivity index is 1.53. The average molecular weight is 375 g/mol. The summed E-state index contributed by atoms with van der Waals surface area (Å²) in [5.74, 6) is 0.328. The van der Waals surface area contributed by atoms with Crippen LogP contribution in [0.2, 0.25) is 0 Å². The van der Waals surface area contributed by atoms with Crippen LogP contribution in [0.15, 0.2) is 65.0 Å². The van der Waals surface area contributed by atoms with Gasteiger partial charge in [0.15, 0.2) is 8.29 Å². The third kappa shape index (κ3) is 4.31. The molecule has 0 unspecified atom stereocenters. The first-order valence-electron chi connectivity index (χ1n) is 7.24. The molecule has 0 fully saturated rings. The Hall–Kier alpha value is -1.96. The lowest BCUT2D eigenvalue weighted by Gasteiger charge is -2.03. The van der Waals surface area contributed by atoms with E-state index in [0.29, 0.717) is 21.9 Å². The lowest BCUT2D eigenvalue weighted by atomic mass is 10.2. The van der Waals surface area contributed by atoms with Crippen LogP contribution in [0.25, 0.3) is 5.69 Å². The van der Waals surface area contributed by atoms with Gasteiger partial charge in [0.25, 0.3) is 0 Å². The van der Waals surface area contributed by atoms with Gasteiger partial charge in [0.2, 0.25) is 0 Å². The molecular weight excluding hydrogens is 360 g/mol. The standard InChI is InChI=1S/C17H14N2O2S3/c20-15(13-7-3-1-4-8-13)21-11-12-23-16-18-19(17(22)24-16)14-9-5-2-6-10-14/h1-10H,11-12H2. The van der Waals surface area contributed by atoms with Crippen LogP contribution in [0.4, 0.5) is 0 Å². The summed E-state index contributed by atoms with van der Waals surface area (Å²) >= 11 is 8.34. The van der Waals surface area contributed by atoms with Gasteiger partial charge in [-0.05, 0) is 36.5 Å². The van der Waals surface area contributed by atoms with E-state index in [1.807, 2.05) is 48.5 Å². The minimum absolute atomic E-state index is 0.307. The normalized spacial score (nSPS) is 10.5. The van der Waals surface area contributed by atoms with Crippen LogP contribution in [-0.4, -0.2) is 28.1 Å². The average Bonchev–Trinajstić information content (AvgIpc) is 3.01. The molecular formula is C17H14N2O2S3. The summed E-state index contributed by atoms with van der Waals surface area (Å²) in [5.41, 5.74) is 1.51. The second-order valence-electron chi connectivity index (χ2n) is 4.73. The minimum Gasteiger partial charge on any atom is -0.461 e. The number of esters is 1. The van der Waals surface area contributed by atoms with Crippen molar-refractivity contribution < 1.29 is 9.53 Å². The van der Waals surface area contributed by atoms with Gasteiger partial charge < -0.3 is 4.74 Å². The van der Waals surface area contributed by atoms with Crippen molar-refractivity contribution in [1.29, 1.82) is 0 Å². The summed E-state index contributed by atoms with van der Waals surface area (Å²) in [5, 5.41) is 4.51. The highest BCUT2D eigenvalue weighted by molar-refractivity contribution is 8.01. The third-order valence-electron chi connectivity index (χ3n) is 3.08. The predicted molar refractivity (Wildman–Crippen MR) is 99.7 cm³/mol. The van der Waals surface area contributed by atoms with Crippen LogP contribution in [0.3, 0.4) is 0 Å². The number of para-hydroxylation sites is 1. The SMILES string of the molecule is O=C(OCCSc1nn(-c2ccccc2)c(=S)s1)c1ccccc1. The number of thioether (sulfide) groups is 1. The number of ether oxygens (including phenoxy) is 1. The van der Waals surface area contributed by atoms with E-state index in [1.54, 1.807) is 16.8 Å². The number of aromatic nitrogens is 2.